The summed E-state index contributed by atoms with van der Waals surface area (Å²) in [5, 5.41) is 1.91. The van der Waals surface area contributed by atoms with Crippen LogP contribution in [0, 0.1) is 0 Å². The van der Waals surface area contributed by atoms with E-state index in [0.29, 0.717) is 29.8 Å². The zero-order valence-corrected chi connectivity index (χ0v) is 17.9. The largest absolute Gasteiger partial charge is 0.573 e. The van der Waals surface area contributed by atoms with Gasteiger partial charge in [0.1, 0.15) is 5.75 Å². The number of hydrogen-bond donors (Lipinski definition) is 1. The number of thiazole rings is 1. The first-order valence-corrected chi connectivity index (χ1v) is 11.7. The second-order valence-electron chi connectivity index (χ2n) is 6.90. The van der Waals surface area contributed by atoms with Crippen LogP contribution < -0.4 is 14.4 Å². The van der Waals surface area contributed by atoms with E-state index in [9.17, 15) is 26.4 Å². The molecule has 0 saturated heterocycles. The number of aromatic nitrogens is 1. The molecule has 0 unspecified atom stereocenters. The van der Waals surface area contributed by atoms with Crippen LogP contribution >= 0.6 is 11.3 Å². The molecular weight excluding hydrogens is 467 g/mol. The first-order chi connectivity index (χ1) is 15.1. The van der Waals surface area contributed by atoms with Gasteiger partial charge in [-0.05, 0) is 47.9 Å². The highest BCUT2D eigenvalue weighted by atomic mass is 32.2. The number of carbonyl (C=O) groups excluding carboxylic acids is 1. The Morgan fingerprint density at radius 2 is 1.94 bits per heavy atom. The number of halogens is 3. The Morgan fingerprint density at radius 1 is 1.19 bits per heavy atom. The number of carbonyl (C=O) groups is 1. The van der Waals surface area contributed by atoms with Crippen molar-refractivity contribution in [3.05, 3.63) is 65.2 Å². The molecule has 1 aromatic heterocycles. The van der Waals surface area contributed by atoms with Gasteiger partial charge < -0.3 is 9.64 Å². The van der Waals surface area contributed by atoms with Crippen LogP contribution in [0.5, 0.6) is 5.75 Å². The number of nitrogens with one attached hydrogen (secondary N) is 1. The number of rotatable bonds is 6. The third-order valence-corrected chi connectivity index (χ3v) is 6.88. The van der Waals surface area contributed by atoms with Gasteiger partial charge in [0.2, 0.25) is 5.91 Å². The Kier molecular flexibility index (Phi) is 5.82. The Labute approximate surface area is 185 Å². The maximum absolute atomic E-state index is 12.8. The molecule has 2 aromatic carbocycles. The molecule has 7 nitrogen and oxygen atoms in total. The van der Waals surface area contributed by atoms with E-state index < -0.39 is 16.4 Å². The normalized spacial score (nSPS) is 13.7. The van der Waals surface area contributed by atoms with E-state index in [0.717, 1.165) is 23.5 Å². The number of nitrogens with zero attached hydrogens (tertiary/aromatic N) is 2. The van der Waals surface area contributed by atoms with Crippen molar-refractivity contribution in [2.24, 2.45) is 0 Å². The van der Waals surface area contributed by atoms with Gasteiger partial charge in [0.15, 0.2) is 5.13 Å². The summed E-state index contributed by atoms with van der Waals surface area (Å²) in [6.07, 6.45) is -2.82. The number of sulfonamides is 1. The van der Waals surface area contributed by atoms with E-state index in [-0.39, 0.29) is 28.1 Å². The van der Waals surface area contributed by atoms with Crippen molar-refractivity contribution < 1.29 is 31.1 Å². The number of anilines is 2. The van der Waals surface area contributed by atoms with E-state index in [1.54, 1.807) is 16.3 Å². The molecule has 168 valence electrons. The number of fused-ring (bicyclic) bond motifs is 1. The fourth-order valence-electron chi connectivity index (χ4n) is 3.33. The van der Waals surface area contributed by atoms with Crippen LogP contribution in [0.4, 0.5) is 24.0 Å². The summed E-state index contributed by atoms with van der Waals surface area (Å²) in [7, 11) is -3.81. The van der Waals surface area contributed by atoms with Crippen molar-refractivity contribution in [3.63, 3.8) is 0 Å². The van der Waals surface area contributed by atoms with E-state index in [4.69, 9.17) is 0 Å². The van der Waals surface area contributed by atoms with Gasteiger partial charge in [-0.1, -0.05) is 12.1 Å². The lowest BCUT2D eigenvalue weighted by atomic mass is 10.1. The highest BCUT2D eigenvalue weighted by Gasteiger charge is 2.31. The minimum Gasteiger partial charge on any atom is -0.406 e. The van der Waals surface area contributed by atoms with E-state index in [1.165, 1.54) is 30.5 Å². The van der Waals surface area contributed by atoms with Gasteiger partial charge in [0.05, 0.1) is 11.3 Å². The van der Waals surface area contributed by atoms with Gasteiger partial charge in [-0.15, -0.1) is 24.5 Å². The summed E-state index contributed by atoms with van der Waals surface area (Å²) >= 11 is 1.16. The summed E-state index contributed by atoms with van der Waals surface area (Å²) in [5.41, 5.74) is 1.86. The second-order valence-corrected chi connectivity index (χ2v) is 9.47. The van der Waals surface area contributed by atoms with Crippen LogP contribution in [0.25, 0.3) is 0 Å². The Hall–Kier alpha value is -3.12. The Morgan fingerprint density at radius 3 is 2.59 bits per heavy atom. The Balaban J connectivity index is 1.45. The number of alkyl halides is 3. The van der Waals surface area contributed by atoms with Crippen molar-refractivity contribution in [1.82, 2.24) is 4.98 Å². The summed E-state index contributed by atoms with van der Waals surface area (Å²) in [6.45, 7) is 0.382. The van der Waals surface area contributed by atoms with Crippen LogP contribution in [0.1, 0.15) is 11.1 Å². The quantitative estimate of drug-likeness (QED) is 0.573. The van der Waals surface area contributed by atoms with Crippen LogP contribution in [-0.2, 0) is 27.7 Å². The average Bonchev–Trinajstić information content (AvgIpc) is 3.37. The van der Waals surface area contributed by atoms with Crippen molar-refractivity contribution in [2.45, 2.75) is 24.1 Å². The van der Waals surface area contributed by atoms with E-state index in [2.05, 4.69) is 14.4 Å². The maximum atomic E-state index is 12.8. The maximum Gasteiger partial charge on any atom is 0.573 e. The third kappa shape index (κ3) is 5.02. The fraction of sp³-hybridized carbons (Fsp3) is 0.200. The first kappa shape index (κ1) is 22.1. The van der Waals surface area contributed by atoms with Crippen molar-refractivity contribution in [2.75, 3.05) is 16.2 Å². The van der Waals surface area contributed by atoms with Gasteiger partial charge >= 0.3 is 6.36 Å². The molecule has 1 aliphatic heterocycles. The molecule has 1 aliphatic rings. The van der Waals surface area contributed by atoms with Crippen LogP contribution in [0.15, 0.2) is 58.9 Å². The summed E-state index contributed by atoms with van der Waals surface area (Å²) in [6, 6.07) is 9.63. The summed E-state index contributed by atoms with van der Waals surface area (Å²) < 4.78 is 68.2. The predicted octanol–water partition coefficient (Wildman–Crippen LogP) is 3.97. The molecule has 4 rings (SSSR count). The molecule has 3 aromatic rings. The smallest absolute Gasteiger partial charge is 0.406 e. The van der Waals surface area contributed by atoms with Gasteiger partial charge in [-0.25, -0.2) is 13.4 Å². The molecule has 2 heterocycles. The second kappa shape index (κ2) is 8.43. The highest BCUT2D eigenvalue weighted by Crippen LogP contribution is 2.32. The molecule has 0 bridgehead atoms. The van der Waals surface area contributed by atoms with Gasteiger partial charge in [-0.3, -0.25) is 9.52 Å². The summed E-state index contributed by atoms with van der Waals surface area (Å²) in [5.74, 6) is -0.606. The average molecular weight is 483 g/mol. The highest BCUT2D eigenvalue weighted by molar-refractivity contribution is 7.93. The molecule has 0 saturated carbocycles. The molecule has 0 radical (unpaired) electrons. The number of amides is 1. The first-order valence-electron chi connectivity index (χ1n) is 9.31. The lowest BCUT2D eigenvalue weighted by Crippen LogP contribution is -2.30. The predicted molar refractivity (Wildman–Crippen MR) is 112 cm³/mol. The van der Waals surface area contributed by atoms with Crippen molar-refractivity contribution in [3.8, 4) is 5.75 Å². The molecular formula is C20H16F3N3O4S2. The summed E-state index contributed by atoms with van der Waals surface area (Å²) in [4.78, 5) is 18.3. The van der Waals surface area contributed by atoms with Gasteiger partial charge in [0, 0.05) is 23.8 Å². The molecule has 0 atom stereocenters. The zero-order chi connectivity index (χ0) is 22.9. The molecule has 32 heavy (non-hydrogen) atoms. The SMILES string of the molecule is O=C(Cc1ccc(OC(F)(F)F)cc1)N1CCc2cc(S(=O)(=O)Nc3nccs3)ccc21. The standard InChI is InChI=1S/C20H16F3N3O4S2/c21-20(22,23)30-15-3-1-13(2-4-15)11-18(27)26-9-7-14-12-16(5-6-17(14)26)32(28,29)25-19-24-8-10-31-19/h1-6,8,10,12H,7,9,11H2,(H,24,25). The fourth-order valence-corrected chi connectivity index (χ4v) is 5.17. The minimum atomic E-state index is -4.78. The topological polar surface area (TPSA) is 88.6 Å². The lowest BCUT2D eigenvalue weighted by molar-refractivity contribution is -0.274. The molecule has 12 heteroatoms. The van der Waals surface area contributed by atoms with E-state index in [1.807, 2.05) is 0 Å². The van der Waals surface area contributed by atoms with E-state index >= 15 is 0 Å². The number of hydrogen-bond acceptors (Lipinski definition) is 6. The number of benzene rings is 2. The molecule has 0 fully saturated rings. The molecule has 0 spiro atoms. The molecule has 1 amide bonds. The van der Waals surface area contributed by atoms with Crippen LogP contribution in [-0.4, -0.2) is 32.2 Å². The number of ether oxygens (including phenoxy) is 1. The van der Waals surface area contributed by atoms with Gasteiger partial charge in [0.25, 0.3) is 10.0 Å². The zero-order valence-electron chi connectivity index (χ0n) is 16.3. The van der Waals surface area contributed by atoms with Crippen LogP contribution in [0.2, 0.25) is 0 Å². The van der Waals surface area contributed by atoms with Gasteiger partial charge in [-0.2, -0.15) is 0 Å². The molecule has 1 N–H and O–H groups in total. The van der Waals surface area contributed by atoms with Crippen LogP contribution in [0.3, 0.4) is 0 Å². The molecule has 0 aliphatic carbocycles. The minimum absolute atomic E-state index is 0.0165. The lowest BCUT2D eigenvalue weighted by Gasteiger charge is -2.18. The Bertz CT molecular complexity index is 1230. The van der Waals surface area contributed by atoms with Crippen molar-refractivity contribution in [1.29, 1.82) is 0 Å². The monoisotopic (exact) mass is 483 g/mol. The van der Waals surface area contributed by atoms with Crippen molar-refractivity contribution >= 4 is 38.1 Å². The third-order valence-electron chi connectivity index (χ3n) is 4.72.